The molecule has 21 heavy (non-hydrogen) atoms. The van der Waals surface area contributed by atoms with Gasteiger partial charge in [0.15, 0.2) is 0 Å². The second-order valence-corrected chi connectivity index (χ2v) is 4.45. The van der Waals surface area contributed by atoms with E-state index in [1.54, 1.807) is 30.3 Å². The minimum Gasteiger partial charge on any atom is -0.424 e. The quantitative estimate of drug-likeness (QED) is 0.931. The van der Waals surface area contributed by atoms with Crippen LogP contribution in [0.15, 0.2) is 30.3 Å². The molecule has 0 atom stereocenters. The summed E-state index contributed by atoms with van der Waals surface area (Å²) in [7, 11) is 0. The number of nitrogens with one attached hydrogen (secondary N) is 1. The van der Waals surface area contributed by atoms with Gasteiger partial charge in [0.1, 0.15) is 12.2 Å². The Balaban J connectivity index is 2.14. The van der Waals surface area contributed by atoms with Crippen LogP contribution in [0.2, 0.25) is 0 Å². The first-order valence-corrected chi connectivity index (χ1v) is 6.34. The van der Waals surface area contributed by atoms with E-state index in [0.717, 1.165) is 11.4 Å². The van der Waals surface area contributed by atoms with Gasteiger partial charge in [0.05, 0.1) is 6.07 Å². The van der Waals surface area contributed by atoms with E-state index >= 15 is 0 Å². The molecule has 6 nitrogen and oxygen atoms in total. The lowest BCUT2D eigenvalue weighted by atomic mass is 10.3. The Morgan fingerprint density at radius 3 is 2.67 bits per heavy atom. The predicted octanol–water partition coefficient (Wildman–Crippen LogP) is 2.74. The van der Waals surface area contributed by atoms with Gasteiger partial charge in [0.2, 0.25) is 5.91 Å². The number of benzene rings is 1. The van der Waals surface area contributed by atoms with Crippen molar-refractivity contribution in [2.24, 2.45) is 0 Å². The summed E-state index contributed by atoms with van der Waals surface area (Å²) in [4.78, 5) is 19.7. The third kappa shape index (κ3) is 4.28. The van der Waals surface area contributed by atoms with Gasteiger partial charge < -0.3 is 10.1 Å². The Bertz CT molecular complexity index is 687. The average molecular weight is 282 g/mol. The molecule has 6 heteroatoms. The standard InChI is InChI=1S/C15H14N4O2/c1-10-8-11(2)18-15(17-10)21-13-5-3-4-12(9-13)19-14(20)6-7-16/h3-5,8-9H,6H2,1-2H3,(H,19,20). The zero-order valence-corrected chi connectivity index (χ0v) is 11.8. The van der Waals surface area contributed by atoms with Gasteiger partial charge in [0, 0.05) is 23.1 Å². The van der Waals surface area contributed by atoms with Crippen molar-refractivity contribution in [3.63, 3.8) is 0 Å². The maximum atomic E-state index is 11.4. The minimum absolute atomic E-state index is 0.189. The van der Waals surface area contributed by atoms with Gasteiger partial charge in [0.25, 0.3) is 0 Å². The molecule has 0 aliphatic heterocycles. The number of aryl methyl sites for hydroxylation is 2. The summed E-state index contributed by atoms with van der Waals surface area (Å²) in [6, 6.07) is 10.7. The molecule has 0 saturated heterocycles. The summed E-state index contributed by atoms with van der Waals surface area (Å²) in [5.41, 5.74) is 2.18. The number of nitriles is 1. The molecule has 0 unspecified atom stereocenters. The highest BCUT2D eigenvalue weighted by Gasteiger charge is 2.05. The first-order valence-electron chi connectivity index (χ1n) is 6.34. The van der Waals surface area contributed by atoms with Crippen molar-refractivity contribution in [1.82, 2.24) is 9.97 Å². The molecule has 0 bridgehead atoms. The van der Waals surface area contributed by atoms with Crippen LogP contribution in [-0.2, 0) is 4.79 Å². The molecule has 0 aliphatic carbocycles. The number of aromatic nitrogens is 2. The Morgan fingerprint density at radius 2 is 2.00 bits per heavy atom. The number of ether oxygens (including phenoxy) is 1. The van der Waals surface area contributed by atoms with Gasteiger partial charge in [-0.3, -0.25) is 4.79 Å². The van der Waals surface area contributed by atoms with E-state index in [1.807, 2.05) is 19.9 Å². The summed E-state index contributed by atoms with van der Waals surface area (Å²) < 4.78 is 5.58. The normalized spacial score (nSPS) is 9.76. The van der Waals surface area contributed by atoms with Crippen LogP contribution in [0, 0.1) is 25.2 Å². The van der Waals surface area contributed by atoms with Crippen LogP contribution in [-0.4, -0.2) is 15.9 Å². The maximum absolute atomic E-state index is 11.4. The van der Waals surface area contributed by atoms with Crippen LogP contribution >= 0.6 is 0 Å². The summed E-state index contributed by atoms with van der Waals surface area (Å²) in [6.07, 6.45) is -0.189. The number of carbonyl (C=O) groups excluding carboxylic acids is 1. The van der Waals surface area contributed by atoms with E-state index in [-0.39, 0.29) is 18.3 Å². The fourth-order valence-electron chi connectivity index (χ4n) is 1.76. The number of carbonyl (C=O) groups is 1. The molecule has 1 aromatic heterocycles. The zero-order valence-electron chi connectivity index (χ0n) is 11.8. The van der Waals surface area contributed by atoms with Gasteiger partial charge in [-0.15, -0.1) is 0 Å². The van der Waals surface area contributed by atoms with Crippen molar-refractivity contribution in [2.75, 3.05) is 5.32 Å². The molecule has 1 heterocycles. The van der Waals surface area contributed by atoms with E-state index in [2.05, 4.69) is 15.3 Å². The maximum Gasteiger partial charge on any atom is 0.322 e. The molecule has 2 aromatic rings. The Hall–Kier alpha value is -2.94. The first-order chi connectivity index (χ1) is 10.1. The number of hydrogen-bond acceptors (Lipinski definition) is 5. The molecule has 0 saturated carbocycles. The number of rotatable bonds is 4. The number of nitrogens with zero attached hydrogens (tertiary/aromatic N) is 3. The van der Waals surface area contributed by atoms with Crippen LogP contribution in [0.5, 0.6) is 11.8 Å². The number of anilines is 1. The lowest BCUT2D eigenvalue weighted by molar-refractivity contribution is -0.115. The minimum atomic E-state index is -0.364. The van der Waals surface area contributed by atoms with Crippen LogP contribution in [0.3, 0.4) is 0 Å². The highest BCUT2D eigenvalue weighted by Crippen LogP contribution is 2.22. The Morgan fingerprint density at radius 1 is 1.29 bits per heavy atom. The second kappa shape index (κ2) is 6.48. The SMILES string of the molecule is Cc1cc(C)nc(Oc2cccc(NC(=O)CC#N)c2)n1. The largest absolute Gasteiger partial charge is 0.424 e. The third-order valence-corrected chi connectivity index (χ3v) is 2.53. The molecule has 2 rings (SSSR count). The van der Waals surface area contributed by atoms with Crippen LogP contribution in [0.4, 0.5) is 5.69 Å². The van der Waals surface area contributed by atoms with Crippen molar-refractivity contribution in [3.8, 4) is 17.8 Å². The van der Waals surface area contributed by atoms with Crippen LogP contribution in [0.1, 0.15) is 17.8 Å². The van der Waals surface area contributed by atoms with Crippen molar-refractivity contribution < 1.29 is 9.53 Å². The number of amides is 1. The molecule has 1 N–H and O–H groups in total. The molecule has 0 spiro atoms. The van der Waals surface area contributed by atoms with Crippen molar-refractivity contribution in [2.45, 2.75) is 20.3 Å². The third-order valence-electron chi connectivity index (χ3n) is 2.53. The second-order valence-electron chi connectivity index (χ2n) is 4.45. The Kier molecular flexibility index (Phi) is 4.46. The molecular weight excluding hydrogens is 268 g/mol. The van der Waals surface area contributed by atoms with E-state index in [1.165, 1.54) is 0 Å². The van der Waals surface area contributed by atoms with Crippen LogP contribution in [0.25, 0.3) is 0 Å². The van der Waals surface area contributed by atoms with E-state index in [9.17, 15) is 4.79 Å². The topological polar surface area (TPSA) is 87.9 Å². The van der Waals surface area contributed by atoms with E-state index in [4.69, 9.17) is 10.00 Å². The fourth-order valence-corrected chi connectivity index (χ4v) is 1.76. The lowest BCUT2D eigenvalue weighted by Gasteiger charge is -2.08. The van der Waals surface area contributed by atoms with Gasteiger partial charge in [-0.1, -0.05) is 6.07 Å². The molecule has 0 radical (unpaired) electrons. The molecular formula is C15H14N4O2. The van der Waals surface area contributed by atoms with Gasteiger partial charge in [-0.2, -0.15) is 5.26 Å². The first kappa shape index (κ1) is 14.5. The zero-order chi connectivity index (χ0) is 15.2. The number of hydrogen-bond donors (Lipinski definition) is 1. The lowest BCUT2D eigenvalue weighted by Crippen LogP contribution is -2.09. The highest BCUT2D eigenvalue weighted by atomic mass is 16.5. The fraction of sp³-hybridized carbons (Fsp3) is 0.200. The average Bonchev–Trinajstić information content (AvgIpc) is 2.37. The van der Waals surface area contributed by atoms with Gasteiger partial charge in [-0.05, 0) is 32.0 Å². The summed E-state index contributed by atoms with van der Waals surface area (Å²) in [6.45, 7) is 3.72. The summed E-state index contributed by atoms with van der Waals surface area (Å²) in [5, 5.41) is 11.1. The van der Waals surface area contributed by atoms with Crippen molar-refractivity contribution >= 4 is 11.6 Å². The highest BCUT2D eigenvalue weighted by molar-refractivity contribution is 5.92. The molecule has 1 amide bonds. The van der Waals surface area contributed by atoms with E-state index in [0.29, 0.717) is 11.4 Å². The van der Waals surface area contributed by atoms with Crippen molar-refractivity contribution in [3.05, 3.63) is 41.7 Å². The van der Waals surface area contributed by atoms with Gasteiger partial charge >= 0.3 is 6.01 Å². The molecule has 1 aromatic carbocycles. The summed E-state index contributed by atoms with van der Waals surface area (Å²) in [5.74, 6) is 0.145. The van der Waals surface area contributed by atoms with Gasteiger partial charge in [-0.25, -0.2) is 9.97 Å². The van der Waals surface area contributed by atoms with Crippen LogP contribution < -0.4 is 10.1 Å². The molecule has 106 valence electrons. The summed E-state index contributed by atoms with van der Waals surface area (Å²) >= 11 is 0. The monoisotopic (exact) mass is 282 g/mol. The van der Waals surface area contributed by atoms with Crippen molar-refractivity contribution in [1.29, 1.82) is 5.26 Å². The predicted molar refractivity (Wildman–Crippen MR) is 76.9 cm³/mol. The van der Waals surface area contributed by atoms with E-state index < -0.39 is 0 Å². The smallest absolute Gasteiger partial charge is 0.322 e. The molecule has 0 aliphatic rings. The Labute approximate surface area is 122 Å². The molecule has 0 fully saturated rings.